The van der Waals surface area contributed by atoms with Gasteiger partial charge in [-0.25, -0.2) is 9.97 Å². The van der Waals surface area contributed by atoms with Gasteiger partial charge in [0.15, 0.2) is 11.5 Å². The Balaban J connectivity index is 1.93. The first kappa shape index (κ1) is 16.9. The lowest BCUT2D eigenvalue weighted by Crippen LogP contribution is -2.37. The van der Waals surface area contributed by atoms with Gasteiger partial charge in [-0.05, 0) is 50.1 Å². The van der Waals surface area contributed by atoms with Gasteiger partial charge in [-0.1, -0.05) is 0 Å². The molecule has 4 rings (SSSR count). The molecule has 7 nitrogen and oxygen atoms in total. The van der Waals surface area contributed by atoms with E-state index in [9.17, 15) is 5.11 Å². The molecule has 1 aliphatic heterocycles. The normalized spacial score (nSPS) is 15.6. The molecule has 4 heterocycles. The van der Waals surface area contributed by atoms with E-state index in [1.165, 1.54) is 0 Å². The smallest absolute Gasteiger partial charge is 0.167 e. The summed E-state index contributed by atoms with van der Waals surface area (Å²) in [6.07, 6.45) is 3.52. The Morgan fingerprint density at radius 3 is 2.62 bits per heavy atom. The van der Waals surface area contributed by atoms with Crippen molar-refractivity contribution in [3.05, 3.63) is 41.7 Å². The Labute approximate surface area is 152 Å². The molecule has 0 radical (unpaired) electrons. The standard InChI is InChI=1S/C19H23N5O2/c1-13-4-5-20-16(10-13)24-18-14(12-21-24)15(19(2,3)25)11-17(22-18)23-6-8-26-9-7-23/h4-5,10-12,25H,6-9H2,1-3H3. The zero-order chi connectivity index (χ0) is 18.3. The third-order valence-electron chi connectivity index (χ3n) is 4.64. The number of pyridine rings is 2. The van der Waals surface area contributed by atoms with Crippen molar-refractivity contribution in [1.29, 1.82) is 0 Å². The molecule has 0 atom stereocenters. The van der Waals surface area contributed by atoms with Crippen LogP contribution in [0.3, 0.4) is 0 Å². The summed E-state index contributed by atoms with van der Waals surface area (Å²) in [6.45, 7) is 8.50. The molecule has 0 saturated carbocycles. The zero-order valence-electron chi connectivity index (χ0n) is 15.3. The minimum Gasteiger partial charge on any atom is -0.386 e. The molecular formula is C19H23N5O2. The summed E-state index contributed by atoms with van der Waals surface area (Å²) in [5.41, 5.74) is 1.61. The highest BCUT2D eigenvalue weighted by molar-refractivity contribution is 5.83. The molecule has 0 unspecified atom stereocenters. The maximum Gasteiger partial charge on any atom is 0.167 e. The molecule has 136 valence electrons. The van der Waals surface area contributed by atoms with Gasteiger partial charge in [0.25, 0.3) is 0 Å². The number of morpholine rings is 1. The van der Waals surface area contributed by atoms with Crippen LogP contribution in [0.4, 0.5) is 5.82 Å². The predicted molar refractivity (Wildman–Crippen MR) is 99.7 cm³/mol. The highest BCUT2D eigenvalue weighted by Crippen LogP contribution is 2.32. The molecule has 1 saturated heterocycles. The summed E-state index contributed by atoms with van der Waals surface area (Å²) >= 11 is 0. The van der Waals surface area contributed by atoms with Crippen molar-refractivity contribution in [2.75, 3.05) is 31.2 Å². The van der Waals surface area contributed by atoms with Gasteiger partial charge < -0.3 is 14.7 Å². The van der Waals surface area contributed by atoms with Crippen LogP contribution in [0, 0.1) is 6.92 Å². The molecule has 26 heavy (non-hydrogen) atoms. The molecule has 1 N–H and O–H groups in total. The van der Waals surface area contributed by atoms with Gasteiger partial charge in [0.05, 0.1) is 25.0 Å². The summed E-state index contributed by atoms with van der Waals surface area (Å²) in [6, 6.07) is 5.88. The zero-order valence-corrected chi connectivity index (χ0v) is 15.3. The summed E-state index contributed by atoms with van der Waals surface area (Å²) in [5.74, 6) is 1.54. The van der Waals surface area contributed by atoms with Crippen molar-refractivity contribution in [1.82, 2.24) is 19.7 Å². The van der Waals surface area contributed by atoms with Gasteiger partial charge in [0.2, 0.25) is 0 Å². The quantitative estimate of drug-likeness (QED) is 0.778. The van der Waals surface area contributed by atoms with Crippen LogP contribution in [0.5, 0.6) is 0 Å². The van der Waals surface area contributed by atoms with E-state index >= 15 is 0 Å². The lowest BCUT2D eigenvalue weighted by molar-refractivity contribution is 0.0801. The van der Waals surface area contributed by atoms with Crippen LogP contribution in [0.2, 0.25) is 0 Å². The van der Waals surface area contributed by atoms with Crippen molar-refractivity contribution in [3.8, 4) is 5.82 Å². The van der Waals surface area contributed by atoms with Crippen LogP contribution in [-0.4, -0.2) is 51.2 Å². The fraction of sp³-hybridized carbons (Fsp3) is 0.421. The maximum absolute atomic E-state index is 10.7. The van der Waals surface area contributed by atoms with Crippen LogP contribution in [-0.2, 0) is 10.3 Å². The number of hydrogen-bond donors (Lipinski definition) is 1. The SMILES string of the molecule is Cc1ccnc(-n2ncc3c(C(C)(C)O)cc(N4CCOCC4)nc32)c1. The van der Waals surface area contributed by atoms with Crippen LogP contribution in [0.1, 0.15) is 25.0 Å². The Morgan fingerprint density at radius 2 is 1.92 bits per heavy atom. The largest absolute Gasteiger partial charge is 0.386 e. The topological polar surface area (TPSA) is 76.3 Å². The average Bonchev–Trinajstić information content (AvgIpc) is 3.04. The van der Waals surface area contributed by atoms with E-state index in [-0.39, 0.29) is 0 Å². The Bertz CT molecular complexity index is 939. The van der Waals surface area contributed by atoms with Gasteiger partial charge in [-0.3, -0.25) is 0 Å². The Kier molecular flexibility index (Phi) is 4.13. The summed E-state index contributed by atoms with van der Waals surface area (Å²) in [7, 11) is 0. The number of fused-ring (bicyclic) bond motifs is 1. The molecular weight excluding hydrogens is 330 g/mol. The van der Waals surface area contributed by atoms with E-state index in [4.69, 9.17) is 9.72 Å². The van der Waals surface area contributed by atoms with Crippen LogP contribution in [0.25, 0.3) is 16.9 Å². The van der Waals surface area contributed by atoms with E-state index in [2.05, 4.69) is 15.0 Å². The molecule has 0 bridgehead atoms. The Morgan fingerprint density at radius 1 is 1.15 bits per heavy atom. The second kappa shape index (κ2) is 6.34. The number of aromatic nitrogens is 4. The lowest BCUT2D eigenvalue weighted by atomic mass is 9.96. The average molecular weight is 353 g/mol. The van der Waals surface area contributed by atoms with E-state index in [1.54, 1.807) is 30.9 Å². The van der Waals surface area contributed by atoms with Gasteiger partial charge >= 0.3 is 0 Å². The number of nitrogens with zero attached hydrogens (tertiary/aromatic N) is 5. The summed E-state index contributed by atoms with van der Waals surface area (Å²) in [5, 5.41) is 16.0. The Hall–Kier alpha value is -2.51. The molecule has 0 spiro atoms. The van der Waals surface area contributed by atoms with E-state index in [0.717, 1.165) is 35.4 Å². The molecule has 1 fully saturated rings. The molecule has 1 aliphatic rings. The molecule has 7 heteroatoms. The van der Waals surface area contributed by atoms with Crippen molar-refractivity contribution in [3.63, 3.8) is 0 Å². The van der Waals surface area contributed by atoms with Gasteiger partial charge in [-0.2, -0.15) is 9.78 Å². The number of aryl methyl sites for hydroxylation is 1. The van der Waals surface area contributed by atoms with Crippen LogP contribution >= 0.6 is 0 Å². The molecule has 3 aromatic rings. The van der Waals surface area contributed by atoms with E-state index < -0.39 is 5.60 Å². The first-order valence-corrected chi connectivity index (χ1v) is 8.81. The molecule has 0 amide bonds. The third-order valence-corrected chi connectivity index (χ3v) is 4.64. The monoisotopic (exact) mass is 353 g/mol. The highest BCUT2D eigenvalue weighted by atomic mass is 16.5. The first-order chi connectivity index (χ1) is 12.4. The third kappa shape index (κ3) is 3.04. The second-order valence-corrected chi connectivity index (χ2v) is 7.17. The van der Waals surface area contributed by atoms with Crippen molar-refractivity contribution < 1.29 is 9.84 Å². The van der Waals surface area contributed by atoms with Crippen molar-refractivity contribution in [2.45, 2.75) is 26.4 Å². The van der Waals surface area contributed by atoms with Crippen molar-refractivity contribution in [2.24, 2.45) is 0 Å². The van der Waals surface area contributed by atoms with Crippen LogP contribution < -0.4 is 4.90 Å². The minimum atomic E-state index is -1.00. The second-order valence-electron chi connectivity index (χ2n) is 7.17. The van der Waals surface area contributed by atoms with Crippen LogP contribution in [0.15, 0.2) is 30.6 Å². The van der Waals surface area contributed by atoms with E-state index in [1.807, 2.05) is 25.1 Å². The molecule has 0 aromatic carbocycles. The summed E-state index contributed by atoms with van der Waals surface area (Å²) in [4.78, 5) is 11.5. The van der Waals surface area contributed by atoms with Gasteiger partial charge in [0.1, 0.15) is 5.82 Å². The fourth-order valence-corrected chi connectivity index (χ4v) is 3.25. The predicted octanol–water partition coefficient (Wildman–Crippen LogP) is 2.19. The maximum atomic E-state index is 10.7. The van der Waals surface area contributed by atoms with E-state index in [0.29, 0.717) is 24.7 Å². The first-order valence-electron chi connectivity index (χ1n) is 8.81. The number of anilines is 1. The van der Waals surface area contributed by atoms with Gasteiger partial charge in [0, 0.05) is 24.7 Å². The lowest BCUT2D eigenvalue weighted by Gasteiger charge is -2.29. The number of ether oxygens (including phenoxy) is 1. The fourth-order valence-electron chi connectivity index (χ4n) is 3.25. The number of rotatable bonds is 3. The minimum absolute atomic E-state index is 0.677. The van der Waals surface area contributed by atoms with Crippen molar-refractivity contribution >= 4 is 16.9 Å². The molecule has 3 aromatic heterocycles. The highest BCUT2D eigenvalue weighted by Gasteiger charge is 2.25. The summed E-state index contributed by atoms with van der Waals surface area (Å²) < 4.78 is 7.19. The van der Waals surface area contributed by atoms with Gasteiger partial charge in [-0.15, -0.1) is 0 Å². The molecule has 0 aliphatic carbocycles. The number of aliphatic hydroxyl groups is 1. The number of hydrogen-bond acceptors (Lipinski definition) is 6.